The lowest BCUT2D eigenvalue weighted by atomic mass is 10.2. The highest BCUT2D eigenvalue weighted by atomic mass is 32.2. The van der Waals surface area contributed by atoms with Gasteiger partial charge in [0.1, 0.15) is 10.8 Å². The first-order chi connectivity index (χ1) is 9.86. The number of methoxy groups -OCH3 is 1. The van der Waals surface area contributed by atoms with E-state index in [1.165, 1.54) is 5.56 Å². The summed E-state index contributed by atoms with van der Waals surface area (Å²) in [5, 5.41) is 11.5. The maximum atomic E-state index is 5.24. The number of ether oxygens (including phenoxy) is 1. The molecule has 2 aromatic carbocycles. The maximum absolute atomic E-state index is 5.24. The number of rotatable bonds is 4. The van der Waals surface area contributed by atoms with Crippen molar-refractivity contribution in [3.63, 3.8) is 0 Å². The summed E-state index contributed by atoms with van der Waals surface area (Å²) in [6, 6.07) is 16.3. The minimum absolute atomic E-state index is 0.847. The standard InChI is InChI=1S/C16H14N2OS/c1-19-14-7-4-5-12(9-14)11-20-16-15-8-3-2-6-13(15)10-17-18-16/h2-10H,11H2,1H3. The molecule has 3 nitrogen and oxygen atoms in total. The minimum atomic E-state index is 0.847. The molecule has 0 saturated heterocycles. The molecule has 1 aromatic heterocycles. The molecule has 0 aliphatic carbocycles. The van der Waals surface area contributed by atoms with Gasteiger partial charge in [0.05, 0.1) is 13.3 Å². The Morgan fingerprint density at radius 2 is 2.00 bits per heavy atom. The summed E-state index contributed by atoms with van der Waals surface area (Å²) in [7, 11) is 1.68. The minimum Gasteiger partial charge on any atom is -0.497 e. The zero-order valence-electron chi connectivity index (χ0n) is 11.1. The van der Waals surface area contributed by atoms with Crippen molar-refractivity contribution < 1.29 is 4.74 Å². The molecule has 0 amide bonds. The summed E-state index contributed by atoms with van der Waals surface area (Å²) in [5.74, 6) is 1.73. The Balaban J connectivity index is 1.83. The van der Waals surface area contributed by atoms with Crippen molar-refractivity contribution in [1.29, 1.82) is 0 Å². The fourth-order valence-corrected chi connectivity index (χ4v) is 2.95. The van der Waals surface area contributed by atoms with Crippen molar-refractivity contribution in [3.05, 3.63) is 60.3 Å². The van der Waals surface area contributed by atoms with Crippen LogP contribution in [0.5, 0.6) is 5.75 Å². The zero-order valence-corrected chi connectivity index (χ0v) is 11.9. The van der Waals surface area contributed by atoms with E-state index in [1.807, 2.05) is 30.3 Å². The topological polar surface area (TPSA) is 35.0 Å². The highest BCUT2D eigenvalue weighted by Crippen LogP contribution is 2.28. The predicted octanol–water partition coefficient (Wildman–Crippen LogP) is 3.93. The van der Waals surface area contributed by atoms with Crippen molar-refractivity contribution in [1.82, 2.24) is 10.2 Å². The molecule has 0 atom stereocenters. The van der Waals surface area contributed by atoms with E-state index in [-0.39, 0.29) is 0 Å². The average Bonchev–Trinajstić information content (AvgIpc) is 2.53. The van der Waals surface area contributed by atoms with Gasteiger partial charge in [0.2, 0.25) is 0 Å². The summed E-state index contributed by atoms with van der Waals surface area (Å²) >= 11 is 1.69. The molecule has 3 rings (SSSR count). The monoisotopic (exact) mass is 282 g/mol. The molecule has 1 heterocycles. The van der Waals surface area contributed by atoms with Crippen LogP contribution in [0.2, 0.25) is 0 Å². The van der Waals surface area contributed by atoms with E-state index in [9.17, 15) is 0 Å². The summed E-state index contributed by atoms with van der Waals surface area (Å²) in [6.45, 7) is 0. The molecule has 4 heteroatoms. The van der Waals surface area contributed by atoms with Crippen LogP contribution >= 0.6 is 11.8 Å². The van der Waals surface area contributed by atoms with E-state index in [2.05, 4.69) is 28.4 Å². The summed E-state index contributed by atoms with van der Waals surface area (Å²) in [6.07, 6.45) is 1.80. The Hall–Kier alpha value is -2.07. The van der Waals surface area contributed by atoms with Gasteiger partial charge in [0, 0.05) is 16.5 Å². The highest BCUT2D eigenvalue weighted by molar-refractivity contribution is 7.98. The van der Waals surface area contributed by atoms with Crippen molar-refractivity contribution in [2.24, 2.45) is 0 Å². The van der Waals surface area contributed by atoms with Crippen molar-refractivity contribution in [3.8, 4) is 5.75 Å². The molecule has 20 heavy (non-hydrogen) atoms. The summed E-state index contributed by atoms with van der Waals surface area (Å²) in [4.78, 5) is 0. The van der Waals surface area contributed by atoms with Gasteiger partial charge in [-0.3, -0.25) is 0 Å². The SMILES string of the molecule is COc1cccc(CSc2nncc3ccccc23)c1. The number of hydrogen-bond acceptors (Lipinski definition) is 4. The first kappa shape index (κ1) is 12.9. The first-order valence-corrected chi connectivity index (χ1v) is 7.31. The number of thioether (sulfide) groups is 1. The number of aromatic nitrogens is 2. The Labute approximate surface area is 122 Å². The fraction of sp³-hybridized carbons (Fsp3) is 0.125. The third-order valence-electron chi connectivity index (χ3n) is 3.05. The van der Waals surface area contributed by atoms with Gasteiger partial charge in [0.25, 0.3) is 0 Å². The first-order valence-electron chi connectivity index (χ1n) is 6.33. The Bertz CT molecular complexity index is 725. The van der Waals surface area contributed by atoms with Crippen LogP contribution in [0, 0.1) is 0 Å². The third kappa shape index (κ3) is 2.75. The van der Waals surface area contributed by atoms with Gasteiger partial charge >= 0.3 is 0 Å². The maximum Gasteiger partial charge on any atom is 0.127 e. The molecule has 0 aliphatic heterocycles. The lowest BCUT2D eigenvalue weighted by Gasteiger charge is -2.06. The number of fused-ring (bicyclic) bond motifs is 1. The van der Waals surface area contributed by atoms with Gasteiger partial charge < -0.3 is 4.74 Å². The molecule has 0 bridgehead atoms. The number of nitrogens with zero attached hydrogens (tertiary/aromatic N) is 2. The van der Waals surface area contributed by atoms with Crippen molar-refractivity contribution in [2.75, 3.05) is 7.11 Å². The van der Waals surface area contributed by atoms with Crippen LogP contribution in [-0.2, 0) is 5.75 Å². The molecule has 3 aromatic rings. The van der Waals surface area contributed by atoms with E-state index >= 15 is 0 Å². The number of hydrogen-bond donors (Lipinski definition) is 0. The fourth-order valence-electron chi connectivity index (χ4n) is 2.02. The largest absolute Gasteiger partial charge is 0.497 e. The molecule has 0 spiro atoms. The van der Waals surface area contributed by atoms with Crippen LogP contribution in [0.3, 0.4) is 0 Å². The van der Waals surface area contributed by atoms with Crippen LogP contribution in [-0.4, -0.2) is 17.3 Å². The molecule has 100 valence electrons. The Morgan fingerprint density at radius 1 is 1.10 bits per heavy atom. The van der Waals surface area contributed by atoms with Gasteiger partial charge in [-0.25, -0.2) is 0 Å². The quantitative estimate of drug-likeness (QED) is 0.679. The molecule has 0 N–H and O–H groups in total. The van der Waals surface area contributed by atoms with E-state index in [0.717, 1.165) is 27.3 Å². The lowest BCUT2D eigenvalue weighted by Crippen LogP contribution is -1.89. The molecular weight excluding hydrogens is 268 g/mol. The van der Waals surface area contributed by atoms with Crippen molar-refractivity contribution in [2.45, 2.75) is 10.8 Å². The molecule has 0 fully saturated rings. The van der Waals surface area contributed by atoms with Crippen LogP contribution < -0.4 is 4.74 Å². The molecule has 0 unspecified atom stereocenters. The van der Waals surface area contributed by atoms with Gasteiger partial charge in [-0.15, -0.1) is 5.10 Å². The number of benzene rings is 2. The Morgan fingerprint density at radius 3 is 2.90 bits per heavy atom. The highest BCUT2D eigenvalue weighted by Gasteiger charge is 2.04. The van der Waals surface area contributed by atoms with Gasteiger partial charge in [-0.1, -0.05) is 48.2 Å². The molecule has 0 saturated carbocycles. The Kier molecular flexibility index (Phi) is 3.83. The average molecular weight is 282 g/mol. The van der Waals surface area contributed by atoms with Crippen molar-refractivity contribution >= 4 is 22.5 Å². The zero-order chi connectivity index (χ0) is 13.8. The van der Waals surface area contributed by atoms with E-state index in [0.29, 0.717) is 0 Å². The summed E-state index contributed by atoms with van der Waals surface area (Å²) in [5.41, 5.74) is 1.21. The second-order valence-electron chi connectivity index (χ2n) is 4.38. The van der Waals surface area contributed by atoms with E-state index < -0.39 is 0 Å². The van der Waals surface area contributed by atoms with Gasteiger partial charge in [-0.2, -0.15) is 5.10 Å². The molecule has 0 radical (unpaired) electrons. The smallest absolute Gasteiger partial charge is 0.127 e. The molecule has 0 aliphatic rings. The predicted molar refractivity (Wildman–Crippen MR) is 82.1 cm³/mol. The lowest BCUT2D eigenvalue weighted by molar-refractivity contribution is 0.414. The van der Waals surface area contributed by atoms with Crippen LogP contribution in [0.4, 0.5) is 0 Å². The van der Waals surface area contributed by atoms with Crippen LogP contribution in [0.25, 0.3) is 10.8 Å². The molecular formula is C16H14N2OS. The van der Waals surface area contributed by atoms with Gasteiger partial charge in [0.15, 0.2) is 0 Å². The third-order valence-corrected chi connectivity index (χ3v) is 4.10. The van der Waals surface area contributed by atoms with Crippen LogP contribution in [0.15, 0.2) is 59.8 Å². The van der Waals surface area contributed by atoms with Crippen LogP contribution in [0.1, 0.15) is 5.56 Å². The second-order valence-corrected chi connectivity index (χ2v) is 5.34. The van der Waals surface area contributed by atoms with E-state index in [1.54, 1.807) is 25.1 Å². The van der Waals surface area contributed by atoms with Gasteiger partial charge in [-0.05, 0) is 17.7 Å². The summed E-state index contributed by atoms with van der Waals surface area (Å²) < 4.78 is 5.24. The normalized spacial score (nSPS) is 10.7. The second kappa shape index (κ2) is 5.92. The van der Waals surface area contributed by atoms with E-state index in [4.69, 9.17) is 4.74 Å².